The summed E-state index contributed by atoms with van der Waals surface area (Å²) in [6, 6.07) is 10.1. The molecule has 0 saturated carbocycles. The molecule has 0 spiro atoms. The van der Waals surface area contributed by atoms with Gasteiger partial charge in [0.15, 0.2) is 5.82 Å². The molecule has 0 amide bonds. The molecule has 156 valence electrons. The minimum Gasteiger partial charge on any atom is -0.494 e. The second-order valence-electron chi connectivity index (χ2n) is 7.23. The first-order chi connectivity index (χ1) is 14.3. The van der Waals surface area contributed by atoms with Crippen LogP contribution in [0.5, 0.6) is 5.75 Å². The molecule has 5 heteroatoms. The lowest BCUT2D eigenvalue weighted by molar-refractivity contribution is 0.133. The Balaban J connectivity index is 1.74. The van der Waals surface area contributed by atoms with Gasteiger partial charge >= 0.3 is 0 Å². The predicted octanol–water partition coefficient (Wildman–Crippen LogP) is 5.60. The summed E-state index contributed by atoms with van der Waals surface area (Å²) in [5.74, 6) is 1.57. The Morgan fingerprint density at radius 3 is 2.38 bits per heavy atom. The highest BCUT2D eigenvalue weighted by Crippen LogP contribution is 2.20. The first-order valence-electron chi connectivity index (χ1n) is 10.8. The van der Waals surface area contributed by atoms with Gasteiger partial charge in [-0.05, 0) is 55.5 Å². The lowest BCUT2D eigenvalue weighted by Crippen LogP contribution is -2.04. The molecular formula is C24H33N3O2. The summed E-state index contributed by atoms with van der Waals surface area (Å²) in [6.07, 6.45) is 11.1. The summed E-state index contributed by atoms with van der Waals surface area (Å²) >= 11 is 0. The molecule has 5 nitrogen and oxygen atoms in total. The fraction of sp³-hybridized carbons (Fsp3) is 0.542. The van der Waals surface area contributed by atoms with Crippen LogP contribution in [0.1, 0.15) is 57.9 Å². The second-order valence-corrected chi connectivity index (χ2v) is 7.23. The van der Waals surface area contributed by atoms with Crippen molar-refractivity contribution in [3.05, 3.63) is 42.2 Å². The van der Waals surface area contributed by atoms with Gasteiger partial charge in [0.05, 0.1) is 19.3 Å². The maximum absolute atomic E-state index is 8.98. The first kappa shape index (κ1) is 22.8. The van der Waals surface area contributed by atoms with Crippen LogP contribution in [0, 0.1) is 17.2 Å². The quantitative estimate of drug-likeness (QED) is 0.389. The van der Waals surface area contributed by atoms with Gasteiger partial charge in [0, 0.05) is 30.5 Å². The summed E-state index contributed by atoms with van der Waals surface area (Å²) in [5.41, 5.74) is 2.05. The fourth-order valence-electron chi connectivity index (χ4n) is 2.94. The molecule has 2 rings (SSSR count). The molecule has 0 bridgehead atoms. The SMILES string of the molecule is CCCCCCOCCc1cnc(-c2ccc(OCCC(C#N)CC)cc2)nc1. The van der Waals surface area contributed by atoms with E-state index in [1.807, 2.05) is 43.6 Å². The van der Waals surface area contributed by atoms with Crippen molar-refractivity contribution < 1.29 is 9.47 Å². The molecule has 1 heterocycles. The van der Waals surface area contributed by atoms with Gasteiger partial charge in [0.25, 0.3) is 0 Å². The Morgan fingerprint density at radius 2 is 1.72 bits per heavy atom. The number of benzene rings is 1. The van der Waals surface area contributed by atoms with E-state index in [4.69, 9.17) is 14.7 Å². The van der Waals surface area contributed by atoms with Gasteiger partial charge in [-0.25, -0.2) is 9.97 Å². The Labute approximate surface area is 175 Å². The topological polar surface area (TPSA) is 68.0 Å². The summed E-state index contributed by atoms with van der Waals surface area (Å²) in [7, 11) is 0. The van der Waals surface area contributed by atoms with Crippen molar-refractivity contribution >= 4 is 0 Å². The van der Waals surface area contributed by atoms with Crippen LogP contribution >= 0.6 is 0 Å². The Morgan fingerprint density at radius 1 is 0.966 bits per heavy atom. The van der Waals surface area contributed by atoms with E-state index in [0.29, 0.717) is 19.0 Å². The molecule has 1 atom stereocenters. The number of hydrogen-bond donors (Lipinski definition) is 0. The van der Waals surface area contributed by atoms with E-state index in [9.17, 15) is 0 Å². The van der Waals surface area contributed by atoms with Crippen molar-refractivity contribution in [2.45, 2.75) is 58.8 Å². The molecule has 1 aromatic heterocycles. The van der Waals surface area contributed by atoms with Crippen LogP contribution in [0.15, 0.2) is 36.7 Å². The van der Waals surface area contributed by atoms with Crippen LogP contribution < -0.4 is 4.74 Å². The molecule has 1 aromatic carbocycles. The highest BCUT2D eigenvalue weighted by Gasteiger charge is 2.06. The molecule has 0 fully saturated rings. The number of rotatable bonds is 14. The van der Waals surface area contributed by atoms with Crippen LogP contribution in [-0.2, 0) is 11.2 Å². The van der Waals surface area contributed by atoms with E-state index in [-0.39, 0.29) is 5.92 Å². The maximum Gasteiger partial charge on any atom is 0.159 e. The summed E-state index contributed by atoms with van der Waals surface area (Å²) in [5, 5.41) is 8.98. The predicted molar refractivity (Wildman–Crippen MR) is 116 cm³/mol. The Kier molecular flexibility index (Phi) is 10.8. The highest BCUT2D eigenvalue weighted by molar-refractivity contribution is 5.55. The molecule has 0 radical (unpaired) electrons. The zero-order valence-electron chi connectivity index (χ0n) is 17.8. The lowest BCUT2D eigenvalue weighted by Gasteiger charge is -2.09. The Hall–Kier alpha value is -2.45. The van der Waals surface area contributed by atoms with Crippen molar-refractivity contribution in [1.82, 2.24) is 9.97 Å². The third kappa shape index (κ3) is 8.62. The molecule has 0 aliphatic heterocycles. The van der Waals surface area contributed by atoms with Gasteiger partial charge in [-0.1, -0.05) is 33.1 Å². The second kappa shape index (κ2) is 13.7. The van der Waals surface area contributed by atoms with Crippen LogP contribution in [0.3, 0.4) is 0 Å². The van der Waals surface area contributed by atoms with Crippen molar-refractivity contribution in [2.24, 2.45) is 5.92 Å². The van der Waals surface area contributed by atoms with Crippen molar-refractivity contribution in [1.29, 1.82) is 5.26 Å². The van der Waals surface area contributed by atoms with E-state index in [1.165, 1.54) is 19.3 Å². The zero-order chi connectivity index (χ0) is 20.7. The van der Waals surface area contributed by atoms with Gasteiger partial charge in [-0.15, -0.1) is 0 Å². The van der Waals surface area contributed by atoms with Crippen molar-refractivity contribution in [3.8, 4) is 23.2 Å². The summed E-state index contributed by atoms with van der Waals surface area (Å²) < 4.78 is 11.4. The van der Waals surface area contributed by atoms with Crippen molar-refractivity contribution in [3.63, 3.8) is 0 Å². The standard InChI is InChI=1S/C24H33N3O2/c1-3-5-6-7-14-28-15-12-21-18-26-24(27-19-21)22-8-10-23(11-9-22)29-16-13-20(4-2)17-25/h8-11,18-20H,3-7,12-16H2,1-2H3. The molecule has 2 aromatic rings. The van der Waals surface area contributed by atoms with Crippen molar-refractivity contribution in [2.75, 3.05) is 19.8 Å². The van der Waals surface area contributed by atoms with Gasteiger partial charge in [-0.2, -0.15) is 5.26 Å². The van der Waals surface area contributed by atoms with Gasteiger partial charge in [-0.3, -0.25) is 0 Å². The molecule has 0 N–H and O–H groups in total. The van der Waals surface area contributed by atoms with Crippen LogP contribution in [-0.4, -0.2) is 29.8 Å². The summed E-state index contributed by atoms with van der Waals surface area (Å²) in [6.45, 7) is 6.34. The van der Waals surface area contributed by atoms with E-state index in [1.54, 1.807) is 0 Å². The lowest BCUT2D eigenvalue weighted by atomic mass is 10.1. The monoisotopic (exact) mass is 395 g/mol. The number of hydrogen-bond acceptors (Lipinski definition) is 5. The average Bonchev–Trinajstić information content (AvgIpc) is 2.77. The van der Waals surface area contributed by atoms with E-state index < -0.39 is 0 Å². The van der Waals surface area contributed by atoms with E-state index in [0.717, 1.165) is 49.2 Å². The molecule has 29 heavy (non-hydrogen) atoms. The minimum absolute atomic E-state index is 0.0626. The van der Waals surface area contributed by atoms with Crippen LogP contribution in [0.4, 0.5) is 0 Å². The normalized spacial score (nSPS) is 11.8. The maximum atomic E-state index is 8.98. The number of nitriles is 1. The minimum atomic E-state index is 0.0626. The van der Waals surface area contributed by atoms with E-state index >= 15 is 0 Å². The third-order valence-electron chi connectivity index (χ3n) is 4.91. The Bertz CT molecular complexity index is 723. The first-order valence-corrected chi connectivity index (χ1v) is 10.8. The van der Waals surface area contributed by atoms with Crippen LogP contribution in [0.2, 0.25) is 0 Å². The summed E-state index contributed by atoms with van der Waals surface area (Å²) in [4.78, 5) is 8.96. The average molecular weight is 396 g/mol. The molecular weight excluding hydrogens is 362 g/mol. The number of ether oxygens (including phenoxy) is 2. The molecule has 0 saturated heterocycles. The van der Waals surface area contributed by atoms with Gasteiger partial charge in [0.2, 0.25) is 0 Å². The molecule has 1 unspecified atom stereocenters. The zero-order valence-corrected chi connectivity index (χ0v) is 17.8. The highest BCUT2D eigenvalue weighted by atomic mass is 16.5. The largest absolute Gasteiger partial charge is 0.494 e. The van der Waals surface area contributed by atoms with Crippen LogP contribution in [0.25, 0.3) is 11.4 Å². The molecule has 0 aliphatic carbocycles. The number of aromatic nitrogens is 2. The number of nitrogens with zero attached hydrogens (tertiary/aromatic N) is 3. The van der Waals surface area contributed by atoms with Gasteiger partial charge in [0.1, 0.15) is 5.75 Å². The van der Waals surface area contributed by atoms with E-state index in [2.05, 4.69) is 23.0 Å². The van der Waals surface area contributed by atoms with Gasteiger partial charge < -0.3 is 9.47 Å². The molecule has 0 aliphatic rings. The fourth-order valence-corrected chi connectivity index (χ4v) is 2.94. The smallest absolute Gasteiger partial charge is 0.159 e. The third-order valence-corrected chi connectivity index (χ3v) is 4.91. The number of unbranched alkanes of at least 4 members (excludes halogenated alkanes) is 3.